The number of rotatable bonds is 8. The summed E-state index contributed by atoms with van der Waals surface area (Å²) in [5.74, 6) is 0.277. The van der Waals surface area contributed by atoms with Crippen molar-refractivity contribution in [2.45, 2.75) is 39.2 Å². The Morgan fingerprint density at radius 2 is 1.52 bits per heavy atom. The van der Waals surface area contributed by atoms with Crippen LogP contribution in [0.2, 0.25) is 0 Å². The average molecular weight is 332 g/mol. The molecule has 3 heteroatoms. The first-order valence-corrected chi connectivity index (χ1v) is 8.91. The minimum absolute atomic E-state index is 0.277. The zero-order valence-electron chi connectivity index (χ0n) is 14.7. The summed E-state index contributed by atoms with van der Waals surface area (Å²) in [4.78, 5) is 15.8. The first-order valence-electron chi connectivity index (χ1n) is 8.91. The van der Waals surface area contributed by atoms with Crippen LogP contribution in [0, 0.1) is 0 Å². The topological polar surface area (TPSA) is 34.9 Å². The van der Waals surface area contributed by atoms with Gasteiger partial charge in [0.2, 0.25) is 0 Å². The van der Waals surface area contributed by atoms with Crippen molar-refractivity contribution < 1.29 is 4.79 Å². The lowest BCUT2D eigenvalue weighted by Crippen LogP contribution is -2.00. The molecule has 0 aliphatic heterocycles. The van der Waals surface area contributed by atoms with Gasteiger partial charge in [0.25, 0.3) is 0 Å². The fourth-order valence-electron chi connectivity index (χ4n) is 3.09. The van der Waals surface area contributed by atoms with Crippen molar-refractivity contribution in [1.29, 1.82) is 0 Å². The van der Waals surface area contributed by atoms with Crippen LogP contribution in [-0.2, 0) is 11.3 Å². The molecule has 0 bridgehead atoms. The van der Waals surface area contributed by atoms with Gasteiger partial charge in [-0.3, -0.25) is 0 Å². The van der Waals surface area contributed by atoms with Crippen LogP contribution >= 0.6 is 0 Å². The lowest BCUT2D eigenvalue weighted by atomic mass is 10.0. The molecule has 0 aliphatic carbocycles. The fourth-order valence-corrected chi connectivity index (χ4v) is 3.09. The zero-order chi connectivity index (χ0) is 17.5. The molecule has 25 heavy (non-hydrogen) atoms. The van der Waals surface area contributed by atoms with Crippen LogP contribution < -0.4 is 0 Å². The molecule has 0 spiro atoms. The third-order valence-corrected chi connectivity index (χ3v) is 4.36. The number of aryl methyl sites for hydroxylation is 1. The number of ketones is 1. The molecule has 0 atom stereocenters. The molecule has 0 unspecified atom stereocenters. The van der Waals surface area contributed by atoms with E-state index in [1.54, 1.807) is 6.92 Å². The van der Waals surface area contributed by atoms with Gasteiger partial charge in [-0.2, -0.15) is 0 Å². The van der Waals surface area contributed by atoms with E-state index in [4.69, 9.17) is 4.98 Å². The Hall–Kier alpha value is -2.68. The molecule has 0 radical (unpaired) electrons. The smallest absolute Gasteiger partial charge is 0.129 e. The molecule has 0 amide bonds. The van der Waals surface area contributed by atoms with Crippen LogP contribution in [0.4, 0.5) is 0 Å². The molecule has 1 aromatic heterocycles. The lowest BCUT2D eigenvalue weighted by molar-refractivity contribution is -0.117. The second kappa shape index (κ2) is 8.43. The second-order valence-corrected chi connectivity index (χ2v) is 6.38. The van der Waals surface area contributed by atoms with Crippen molar-refractivity contribution in [2.75, 3.05) is 0 Å². The predicted molar refractivity (Wildman–Crippen MR) is 102 cm³/mol. The minimum atomic E-state index is 0.277. The van der Waals surface area contributed by atoms with Gasteiger partial charge in [0.1, 0.15) is 5.78 Å². The Bertz CT molecular complexity index is 807. The Balaban J connectivity index is 1.83. The number of nitrogens with zero attached hydrogens (tertiary/aromatic N) is 2. The maximum absolute atomic E-state index is 11.1. The van der Waals surface area contributed by atoms with Crippen molar-refractivity contribution in [3.63, 3.8) is 0 Å². The second-order valence-electron chi connectivity index (χ2n) is 6.38. The number of imidazole rings is 1. The zero-order valence-corrected chi connectivity index (χ0v) is 14.7. The number of aromatic nitrogens is 2. The molecule has 0 N–H and O–H groups in total. The number of hydrogen-bond donors (Lipinski definition) is 0. The largest absolute Gasteiger partial charge is 0.330 e. The minimum Gasteiger partial charge on any atom is -0.330 e. The molecular weight excluding hydrogens is 308 g/mol. The SMILES string of the molecule is CC(=O)CCCCCn1cnc(-c2ccccc2)c1-c1ccccc1. The summed E-state index contributed by atoms with van der Waals surface area (Å²) >= 11 is 0. The van der Waals surface area contributed by atoms with Crippen molar-refractivity contribution in [3.8, 4) is 22.5 Å². The maximum atomic E-state index is 11.1. The molecular formula is C22H24N2O. The molecule has 0 aliphatic rings. The lowest BCUT2D eigenvalue weighted by Gasteiger charge is -2.11. The number of benzene rings is 2. The molecule has 3 nitrogen and oxygen atoms in total. The molecule has 0 saturated carbocycles. The summed E-state index contributed by atoms with van der Waals surface area (Å²) in [5.41, 5.74) is 4.51. The van der Waals surface area contributed by atoms with Gasteiger partial charge in [-0.15, -0.1) is 0 Å². The van der Waals surface area contributed by atoms with Crippen molar-refractivity contribution in [1.82, 2.24) is 9.55 Å². The highest BCUT2D eigenvalue weighted by Crippen LogP contribution is 2.31. The van der Waals surface area contributed by atoms with E-state index in [0.29, 0.717) is 6.42 Å². The maximum Gasteiger partial charge on any atom is 0.129 e. The third-order valence-electron chi connectivity index (χ3n) is 4.36. The van der Waals surface area contributed by atoms with Crippen LogP contribution in [0.3, 0.4) is 0 Å². The van der Waals surface area contributed by atoms with E-state index in [0.717, 1.165) is 37.1 Å². The van der Waals surface area contributed by atoms with Gasteiger partial charge in [-0.05, 0) is 19.8 Å². The fraction of sp³-hybridized carbons (Fsp3) is 0.273. The number of Topliss-reactive ketones (excluding diaryl/α,β-unsaturated/α-hetero) is 1. The molecule has 3 rings (SSSR count). The van der Waals surface area contributed by atoms with Gasteiger partial charge < -0.3 is 9.36 Å². The highest BCUT2D eigenvalue weighted by molar-refractivity contribution is 5.78. The normalized spacial score (nSPS) is 10.8. The van der Waals surface area contributed by atoms with Crippen molar-refractivity contribution in [2.24, 2.45) is 0 Å². The summed E-state index contributed by atoms with van der Waals surface area (Å²) in [6.45, 7) is 2.58. The molecule has 128 valence electrons. The molecule has 1 heterocycles. The summed E-state index contributed by atoms with van der Waals surface area (Å²) in [6, 6.07) is 20.8. The predicted octanol–water partition coefficient (Wildman–Crippen LogP) is 5.37. The van der Waals surface area contributed by atoms with Crippen LogP contribution in [0.15, 0.2) is 67.0 Å². The highest BCUT2D eigenvalue weighted by atomic mass is 16.1. The number of hydrogen-bond acceptors (Lipinski definition) is 2. The molecule has 2 aromatic carbocycles. The van der Waals surface area contributed by atoms with Crippen LogP contribution in [-0.4, -0.2) is 15.3 Å². The van der Waals surface area contributed by atoms with E-state index in [1.807, 2.05) is 30.6 Å². The Morgan fingerprint density at radius 1 is 0.880 bits per heavy atom. The standard InChI is InChI=1S/C22H24N2O/c1-18(25)11-5-4-10-16-24-17-23-21(19-12-6-2-7-13-19)22(24)20-14-8-3-9-15-20/h2-3,6-9,12-15,17H,4-5,10-11,16H2,1H3. The quantitative estimate of drug-likeness (QED) is 0.520. The van der Waals surface area contributed by atoms with Gasteiger partial charge in [-0.25, -0.2) is 4.98 Å². The van der Waals surface area contributed by atoms with E-state index in [9.17, 15) is 4.79 Å². The van der Waals surface area contributed by atoms with Gasteiger partial charge >= 0.3 is 0 Å². The summed E-state index contributed by atoms with van der Waals surface area (Å²) < 4.78 is 2.24. The van der Waals surface area contributed by atoms with E-state index in [-0.39, 0.29) is 5.78 Å². The summed E-state index contributed by atoms with van der Waals surface area (Å²) in [7, 11) is 0. The first kappa shape index (κ1) is 17.2. The third kappa shape index (κ3) is 4.44. The number of carbonyl (C=O) groups is 1. The van der Waals surface area contributed by atoms with Gasteiger partial charge in [0, 0.05) is 24.1 Å². The highest BCUT2D eigenvalue weighted by Gasteiger charge is 2.14. The average Bonchev–Trinajstić information content (AvgIpc) is 3.06. The van der Waals surface area contributed by atoms with E-state index in [2.05, 4.69) is 41.0 Å². The number of carbonyl (C=O) groups excluding carboxylic acids is 1. The molecule has 0 fully saturated rings. The van der Waals surface area contributed by atoms with Crippen LogP contribution in [0.25, 0.3) is 22.5 Å². The molecule has 3 aromatic rings. The molecule has 0 saturated heterocycles. The van der Waals surface area contributed by atoms with Crippen LogP contribution in [0.1, 0.15) is 32.6 Å². The Morgan fingerprint density at radius 3 is 2.16 bits per heavy atom. The van der Waals surface area contributed by atoms with Crippen LogP contribution in [0.5, 0.6) is 0 Å². The first-order chi connectivity index (χ1) is 12.3. The van der Waals surface area contributed by atoms with E-state index >= 15 is 0 Å². The van der Waals surface area contributed by atoms with Gasteiger partial charge in [-0.1, -0.05) is 67.1 Å². The van der Waals surface area contributed by atoms with Crippen molar-refractivity contribution >= 4 is 5.78 Å². The van der Waals surface area contributed by atoms with Gasteiger partial charge in [0.15, 0.2) is 0 Å². The summed E-state index contributed by atoms with van der Waals surface area (Å²) in [6.07, 6.45) is 5.71. The van der Waals surface area contributed by atoms with E-state index < -0.39 is 0 Å². The summed E-state index contributed by atoms with van der Waals surface area (Å²) in [5, 5.41) is 0. The Labute approximate surface area is 149 Å². The van der Waals surface area contributed by atoms with E-state index in [1.165, 1.54) is 11.3 Å². The number of unbranched alkanes of at least 4 members (excludes halogenated alkanes) is 2. The Kier molecular flexibility index (Phi) is 5.78. The van der Waals surface area contributed by atoms with Gasteiger partial charge in [0.05, 0.1) is 17.7 Å². The monoisotopic (exact) mass is 332 g/mol. The van der Waals surface area contributed by atoms with Crippen molar-refractivity contribution in [3.05, 3.63) is 67.0 Å².